The second kappa shape index (κ2) is 7.46. The van der Waals surface area contributed by atoms with E-state index in [1.54, 1.807) is 13.3 Å². The Morgan fingerprint density at radius 3 is 2.89 bits per heavy atom. The van der Waals surface area contributed by atoms with Gasteiger partial charge in [-0.2, -0.15) is 0 Å². The van der Waals surface area contributed by atoms with Crippen molar-refractivity contribution in [2.24, 2.45) is 10.4 Å². The lowest BCUT2D eigenvalue weighted by molar-refractivity contribution is 0.235. The van der Waals surface area contributed by atoms with Crippen molar-refractivity contribution in [1.82, 2.24) is 10.3 Å². The van der Waals surface area contributed by atoms with Gasteiger partial charge >= 0.3 is 0 Å². The lowest BCUT2D eigenvalue weighted by atomic mass is 9.71. The minimum absolute atomic E-state index is 0.196. The fourth-order valence-corrected chi connectivity index (χ4v) is 4.25. The number of aromatic nitrogens is 1. The summed E-state index contributed by atoms with van der Waals surface area (Å²) in [7, 11) is 1.60. The molecule has 0 unspecified atom stereocenters. The van der Waals surface area contributed by atoms with E-state index in [0.29, 0.717) is 29.0 Å². The molecule has 1 spiro atoms. The van der Waals surface area contributed by atoms with Crippen LogP contribution in [0.1, 0.15) is 24.0 Å². The van der Waals surface area contributed by atoms with Crippen molar-refractivity contribution < 1.29 is 9.94 Å². The van der Waals surface area contributed by atoms with Crippen LogP contribution in [0.5, 0.6) is 5.88 Å². The third kappa shape index (κ3) is 3.52. The average Bonchev–Trinajstić information content (AvgIpc) is 2.68. The molecule has 2 aliphatic heterocycles. The van der Waals surface area contributed by atoms with E-state index in [2.05, 4.69) is 10.3 Å². The number of amidine groups is 1. The largest absolute Gasteiger partial charge is 0.481 e. The molecule has 3 heterocycles. The van der Waals surface area contributed by atoms with E-state index < -0.39 is 0 Å². The minimum atomic E-state index is -0.196. The number of hydrogen-bond donors (Lipinski definition) is 2. The average molecular weight is 387 g/mol. The van der Waals surface area contributed by atoms with Crippen LogP contribution in [0.2, 0.25) is 5.02 Å². The van der Waals surface area contributed by atoms with Crippen LogP contribution in [-0.4, -0.2) is 36.2 Å². The predicted octanol–water partition coefficient (Wildman–Crippen LogP) is 3.46. The van der Waals surface area contributed by atoms with Crippen molar-refractivity contribution in [2.75, 3.05) is 25.3 Å². The zero-order chi connectivity index (χ0) is 18.9. The number of nitrogens with one attached hydrogen (secondary N) is 1. The Hall–Kier alpha value is -2.15. The van der Waals surface area contributed by atoms with Crippen molar-refractivity contribution in [3.05, 3.63) is 52.7 Å². The highest BCUT2D eigenvalue weighted by Gasteiger charge is 2.45. The van der Waals surface area contributed by atoms with Crippen molar-refractivity contribution in [3.8, 4) is 5.88 Å². The van der Waals surface area contributed by atoms with Gasteiger partial charge in [0.2, 0.25) is 5.88 Å². The highest BCUT2D eigenvalue weighted by Crippen LogP contribution is 2.43. The van der Waals surface area contributed by atoms with Gasteiger partial charge in [-0.3, -0.25) is 10.2 Å². The van der Waals surface area contributed by atoms with E-state index in [9.17, 15) is 5.21 Å². The van der Waals surface area contributed by atoms with Crippen LogP contribution in [0, 0.1) is 5.41 Å². The maximum Gasteiger partial charge on any atom is 0.213 e. The third-order valence-corrected chi connectivity index (χ3v) is 5.68. The predicted molar refractivity (Wildman–Crippen MR) is 106 cm³/mol. The van der Waals surface area contributed by atoms with Gasteiger partial charge in [0.15, 0.2) is 0 Å². The SMILES string of the molecule is COc1cc2c(cn1)N(O)C(=NCc1cccc(Cl)c1)C1(CCNCC1)C2. The molecule has 1 fully saturated rings. The number of halogens is 1. The van der Waals surface area contributed by atoms with Gasteiger partial charge in [0, 0.05) is 16.5 Å². The van der Waals surface area contributed by atoms with Crippen LogP contribution in [0.3, 0.4) is 0 Å². The summed E-state index contributed by atoms with van der Waals surface area (Å²) in [5.41, 5.74) is 2.53. The molecule has 6 nitrogen and oxygen atoms in total. The maximum absolute atomic E-state index is 11.0. The number of fused-ring (bicyclic) bond motifs is 1. The molecule has 1 aromatic carbocycles. The summed E-state index contributed by atoms with van der Waals surface area (Å²) < 4.78 is 5.27. The summed E-state index contributed by atoms with van der Waals surface area (Å²) in [5.74, 6) is 1.27. The van der Waals surface area contributed by atoms with Crippen molar-refractivity contribution >= 4 is 23.1 Å². The first-order chi connectivity index (χ1) is 13.1. The van der Waals surface area contributed by atoms with Crippen molar-refractivity contribution in [3.63, 3.8) is 0 Å². The summed E-state index contributed by atoms with van der Waals surface area (Å²) in [6, 6.07) is 9.58. The van der Waals surface area contributed by atoms with Crippen LogP contribution in [0.15, 0.2) is 41.5 Å². The first-order valence-corrected chi connectivity index (χ1v) is 9.51. The van der Waals surface area contributed by atoms with Gasteiger partial charge in [-0.15, -0.1) is 0 Å². The monoisotopic (exact) mass is 386 g/mol. The van der Waals surface area contributed by atoms with E-state index in [4.69, 9.17) is 21.3 Å². The molecular weight excluding hydrogens is 364 g/mol. The Morgan fingerprint density at radius 2 is 2.15 bits per heavy atom. The van der Waals surface area contributed by atoms with Gasteiger partial charge in [0.1, 0.15) is 5.84 Å². The molecule has 1 saturated heterocycles. The summed E-state index contributed by atoms with van der Waals surface area (Å²) >= 11 is 6.10. The van der Waals surface area contributed by atoms with Crippen LogP contribution >= 0.6 is 11.6 Å². The van der Waals surface area contributed by atoms with Crippen molar-refractivity contribution in [1.29, 1.82) is 0 Å². The Morgan fingerprint density at radius 1 is 1.33 bits per heavy atom. The van der Waals surface area contributed by atoms with E-state index in [-0.39, 0.29) is 5.41 Å². The number of benzene rings is 1. The molecule has 0 bridgehead atoms. The lowest BCUT2D eigenvalue weighted by Crippen LogP contribution is -2.52. The first-order valence-electron chi connectivity index (χ1n) is 9.13. The van der Waals surface area contributed by atoms with Crippen LogP contribution < -0.4 is 15.1 Å². The van der Waals surface area contributed by atoms with Gasteiger partial charge in [-0.1, -0.05) is 23.7 Å². The molecule has 2 aliphatic rings. The number of aliphatic imine (C=N–C) groups is 1. The van der Waals surface area contributed by atoms with Gasteiger partial charge in [-0.25, -0.2) is 10.0 Å². The number of hydrogen-bond acceptors (Lipinski definition) is 5. The Bertz CT molecular complexity index is 865. The molecule has 27 heavy (non-hydrogen) atoms. The van der Waals surface area contributed by atoms with Crippen LogP contribution in [0.25, 0.3) is 0 Å². The molecule has 2 N–H and O–H groups in total. The molecule has 1 aromatic heterocycles. The van der Waals surface area contributed by atoms with Crippen LogP contribution in [0.4, 0.5) is 5.69 Å². The van der Waals surface area contributed by atoms with E-state index in [1.165, 1.54) is 5.06 Å². The number of ether oxygens (including phenoxy) is 1. The standard InChI is InChI=1S/C20H23ClN4O2/c1-27-18-10-15-11-20(5-7-22-8-6-20)19(25(26)17(15)13-23-18)24-12-14-3-2-4-16(21)9-14/h2-4,9-10,13,22,26H,5-8,11-12H2,1H3. The number of nitrogens with zero attached hydrogens (tertiary/aromatic N) is 3. The molecule has 0 amide bonds. The number of anilines is 1. The Balaban J connectivity index is 1.73. The number of piperidine rings is 1. The number of pyridine rings is 1. The molecular formula is C20H23ClN4O2. The first kappa shape index (κ1) is 18.2. The van der Waals surface area contributed by atoms with E-state index in [0.717, 1.165) is 43.5 Å². The summed E-state index contributed by atoms with van der Waals surface area (Å²) in [6.07, 6.45) is 4.30. The number of methoxy groups -OCH3 is 1. The Kier molecular flexibility index (Phi) is 5.04. The molecule has 0 saturated carbocycles. The fraction of sp³-hybridized carbons (Fsp3) is 0.400. The molecule has 4 rings (SSSR count). The van der Waals surface area contributed by atoms with Gasteiger partial charge in [0.05, 0.1) is 25.5 Å². The molecule has 2 aromatic rings. The van der Waals surface area contributed by atoms with Crippen LogP contribution in [-0.2, 0) is 13.0 Å². The highest BCUT2D eigenvalue weighted by atomic mass is 35.5. The van der Waals surface area contributed by atoms with Gasteiger partial charge in [0.25, 0.3) is 0 Å². The maximum atomic E-state index is 11.0. The van der Waals surface area contributed by atoms with Crippen molar-refractivity contribution in [2.45, 2.75) is 25.8 Å². The summed E-state index contributed by atoms with van der Waals surface area (Å²) in [5, 5.41) is 16.3. The second-order valence-electron chi connectivity index (χ2n) is 7.14. The topological polar surface area (TPSA) is 70.0 Å². The molecule has 0 radical (unpaired) electrons. The molecule has 7 heteroatoms. The van der Waals surface area contributed by atoms with E-state index in [1.807, 2.05) is 30.3 Å². The Labute approximate surface area is 163 Å². The van der Waals surface area contributed by atoms with E-state index >= 15 is 0 Å². The van der Waals surface area contributed by atoms with Gasteiger partial charge < -0.3 is 10.1 Å². The molecule has 0 aliphatic carbocycles. The normalized spacial score (nSPS) is 20.0. The smallest absolute Gasteiger partial charge is 0.213 e. The quantitative estimate of drug-likeness (QED) is 0.845. The zero-order valence-corrected chi connectivity index (χ0v) is 16.0. The van der Waals surface area contributed by atoms with Gasteiger partial charge in [-0.05, 0) is 55.6 Å². The lowest BCUT2D eigenvalue weighted by Gasteiger charge is -2.45. The molecule has 0 atom stereocenters. The second-order valence-corrected chi connectivity index (χ2v) is 7.58. The number of hydroxylamine groups is 1. The molecule has 142 valence electrons. The fourth-order valence-electron chi connectivity index (χ4n) is 4.04. The highest BCUT2D eigenvalue weighted by molar-refractivity contribution is 6.30. The minimum Gasteiger partial charge on any atom is -0.481 e. The third-order valence-electron chi connectivity index (χ3n) is 5.44. The number of rotatable bonds is 3. The zero-order valence-electron chi connectivity index (χ0n) is 15.3. The summed E-state index contributed by atoms with van der Waals surface area (Å²) in [6.45, 7) is 2.28. The summed E-state index contributed by atoms with van der Waals surface area (Å²) in [4.78, 5) is 9.09.